The zero-order valence-electron chi connectivity index (χ0n) is 20.1. The Morgan fingerprint density at radius 2 is 1.67 bits per heavy atom. The minimum Gasteiger partial charge on any atom is -0.459 e. The molecule has 188 valence electrons. The van der Waals surface area contributed by atoms with Crippen molar-refractivity contribution in [3.63, 3.8) is 0 Å². The van der Waals surface area contributed by atoms with E-state index < -0.39 is 17.8 Å². The number of ether oxygens (including phenoxy) is 1. The third-order valence-corrected chi connectivity index (χ3v) is 6.85. The lowest BCUT2D eigenvalue weighted by molar-refractivity contribution is -0.123. The van der Waals surface area contributed by atoms with Gasteiger partial charge in [0.25, 0.3) is 5.91 Å². The summed E-state index contributed by atoms with van der Waals surface area (Å²) in [6, 6.07) is 15.6. The third-order valence-electron chi connectivity index (χ3n) is 6.85. The van der Waals surface area contributed by atoms with Crippen LogP contribution in [0.3, 0.4) is 0 Å². The summed E-state index contributed by atoms with van der Waals surface area (Å²) in [5.41, 5.74) is 2.09. The van der Waals surface area contributed by atoms with E-state index in [-0.39, 0.29) is 17.7 Å². The molecule has 0 spiro atoms. The molecule has 2 aliphatic rings. The predicted molar refractivity (Wildman–Crippen MR) is 135 cm³/mol. The maximum atomic E-state index is 13.8. The van der Waals surface area contributed by atoms with Crippen LogP contribution in [-0.4, -0.2) is 44.2 Å². The maximum absolute atomic E-state index is 13.8. The van der Waals surface area contributed by atoms with Gasteiger partial charge in [-0.05, 0) is 66.9 Å². The number of nitrogens with zero attached hydrogens (tertiary/aromatic N) is 2. The smallest absolute Gasteiger partial charge is 0.294 e. The quantitative estimate of drug-likeness (QED) is 0.519. The van der Waals surface area contributed by atoms with Crippen LogP contribution >= 0.6 is 0 Å². The standard InChI is InChI=1S/C28H30FN3O4/c29-21-9-13-24(14-10-21)32(28(34)25-6-3-17-36-25)26(27(33)30-22-4-1-2-5-22)20-7-11-23(12-8-20)31-15-18-35-19-16-31/h3,6-14,17,22,26H,1-2,4-5,15-16,18-19H2,(H,30,33)/t26-/m1/s1. The van der Waals surface area contributed by atoms with E-state index in [9.17, 15) is 14.0 Å². The van der Waals surface area contributed by atoms with Crippen LogP contribution in [0.4, 0.5) is 15.8 Å². The summed E-state index contributed by atoms with van der Waals surface area (Å²) < 4.78 is 24.6. The summed E-state index contributed by atoms with van der Waals surface area (Å²) in [4.78, 5) is 31.1. The molecule has 1 N–H and O–H groups in total. The van der Waals surface area contributed by atoms with Crippen molar-refractivity contribution in [2.45, 2.75) is 37.8 Å². The zero-order chi connectivity index (χ0) is 24.9. The van der Waals surface area contributed by atoms with Crippen LogP contribution in [0.25, 0.3) is 0 Å². The molecule has 7 nitrogen and oxygen atoms in total. The first kappa shape index (κ1) is 24.1. The fraction of sp³-hybridized carbons (Fsp3) is 0.357. The van der Waals surface area contributed by atoms with Gasteiger partial charge in [-0.15, -0.1) is 0 Å². The fourth-order valence-corrected chi connectivity index (χ4v) is 4.96. The number of hydrogen-bond acceptors (Lipinski definition) is 5. The van der Waals surface area contributed by atoms with Crippen molar-refractivity contribution in [3.8, 4) is 0 Å². The first-order valence-corrected chi connectivity index (χ1v) is 12.5. The largest absolute Gasteiger partial charge is 0.459 e. The van der Waals surface area contributed by atoms with E-state index in [1.807, 2.05) is 24.3 Å². The molecule has 2 fully saturated rings. The highest BCUT2D eigenvalue weighted by Crippen LogP contribution is 2.32. The number of nitrogens with one attached hydrogen (secondary N) is 1. The molecule has 1 atom stereocenters. The van der Waals surface area contributed by atoms with E-state index >= 15 is 0 Å². The lowest BCUT2D eigenvalue weighted by Crippen LogP contribution is -2.46. The Labute approximate surface area is 209 Å². The van der Waals surface area contributed by atoms with Crippen molar-refractivity contribution in [2.24, 2.45) is 0 Å². The number of hydrogen-bond donors (Lipinski definition) is 1. The average molecular weight is 492 g/mol. The summed E-state index contributed by atoms with van der Waals surface area (Å²) in [5, 5.41) is 3.15. The SMILES string of the molecule is O=C(NC1CCCC1)[C@@H](c1ccc(N2CCOCC2)cc1)N(C(=O)c1ccco1)c1ccc(F)cc1. The molecule has 2 heterocycles. The summed E-state index contributed by atoms with van der Waals surface area (Å²) in [7, 11) is 0. The number of carbonyl (C=O) groups is 2. The van der Waals surface area contributed by atoms with Crippen LogP contribution < -0.4 is 15.1 Å². The molecular weight excluding hydrogens is 461 g/mol. The average Bonchev–Trinajstić information content (AvgIpc) is 3.63. The summed E-state index contributed by atoms with van der Waals surface area (Å²) in [6.07, 6.45) is 5.38. The van der Waals surface area contributed by atoms with Crippen molar-refractivity contribution in [1.29, 1.82) is 0 Å². The molecule has 1 saturated carbocycles. The van der Waals surface area contributed by atoms with Gasteiger partial charge in [0.05, 0.1) is 19.5 Å². The molecular formula is C28H30FN3O4. The topological polar surface area (TPSA) is 75.0 Å². The van der Waals surface area contributed by atoms with Gasteiger partial charge in [-0.2, -0.15) is 0 Å². The molecule has 2 amide bonds. The van der Waals surface area contributed by atoms with Gasteiger partial charge in [0, 0.05) is 30.5 Å². The Hall–Kier alpha value is -3.65. The molecule has 8 heteroatoms. The molecule has 5 rings (SSSR count). The third kappa shape index (κ3) is 5.28. The van der Waals surface area contributed by atoms with E-state index in [0.717, 1.165) is 44.5 Å². The zero-order valence-corrected chi connectivity index (χ0v) is 20.1. The van der Waals surface area contributed by atoms with Crippen molar-refractivity contribution < 1.29 is 23.1 Å². The Kier molecular flexibility index (Phi) is 7.32. The summed E-state index contributed by atoms with van der Waals surface area (Å²) >= 11 is 0. The monoisotopic (exact) mass is 491 g/mol. The van der Waals surface area contributed by atoms with Crippen molar-refractivity contribution in [1.82, 2.24) is 5.32 Å². The van der Waals surface area contributed by atoms with Crippen LogP contribution in [0.2, 0.25) is 0 Å². The Bertz CT molecular complexity index is 1150. The van der Waals surface area contributed by atoms with Gasteiger partial charge in [0.1, 0.15) is 11.9 Å². The van der Waals surface area contributed by atoms with Gasteiger partial charge >= 0.3 is 0 Å². The minimum absolute atomic E-state index is 0.0707. The molecule has 2 aromatic carbocycles. The predicted octanol–water partition coefficient (Wildman–Crippen LogP) is 4.70. The number of halogens is 1. The molecule has 1 aromatic heterocycles. The molecule has 0 radical (unpaired) electrons. The maximum Gasteiger partial charge on any atom is 0.294 e. The van der Waals surface area contributed by atoms with E-state index in [4.69, 9.17) is 9.15 Å². The molecule has 1 aliphatic carbocycles. The Morgan fingerprint density at radius 1 is 0.972 bits per heavy atom. The van der Waals surface area contributed by atoms with E-state index in [0.29, 0.717) is 24.5 Å². The van der Waals surface area contributed by atoms with Crippen LogP contribution in [0, 0.1) is 5.82 Å². The number of morpholine rings is 1. The lowest BCUT2D eigenvalue weighted by atomic mass is 10.0. The number of furan rings is 1. The van der Waals surface area contributed by atoms with E-state index in [1.165, 1.54) is 35.4 Å². The second-order valence-electron chi connectivity index (χ2n) is 9.21. The summed E-state index contributed by atoms with van der Waals surface area (Å²) in [5.74, 6) is -1.07. The number of rotatable bonds is 7. The van der Waals surface area contributed by atoms with Crippen molar-refractivity contribution in [2.75, 3.05) is 36.1 Å². The van der Waals surface area contributed by atoms with Gasteiger partial charge in [0.2, 0.25) is 5.91 Å². The first-order chi connectivity index (χ1) is 17.6. The molecule has 0 bridgehead atoms. The Morgan fingerprint density at radius 3 is 2.31 bits per heavy atom. The van der Waals surface area contributed by atoms with Crippen LogP contribution in [-0.2, 0) is 9.53 Å². The van der Waals surface area contributed by atoms with Gasteiger partial charge in [-0.1, -0.05) is 25.0 Å². The second-order valence-corrected chi connectivity index (χ2v) is 9.21. The van der Waals surface area contributed by atoms with Crippen LogP contribution in [0.5, 0.6) is 0 Å². The van der Waals surface area contributed by atoms with Gasteiger partial charge < -0.3 is 19.4 Å². The lowest BCUT2D eigenvalue weighted by Gasteiger charge is -2.32. The number of anilines is 2. The molecule has 1 aliphatic heterocycles. The van der Waals surface area contributed by atoms with Crippen molar-refractivity contribution >= 4 is 23.2 Å². The minimum atomic E-state index is -0.965. The fourth-order valence-electron chi connectivity index (χ4n) is 4.96. The van der Waals surface area contributed by atoms with Gasteiger partial charge in [0.15, 0.2) is 5.76 Å². The normalized spacial score (nSPS) is 17.1. The van der Waals surface area contributed by atoms with Crippen molar-refractivity contribution in [3.05, 3.63) is 84.1 Å². The highest BCUT2D eigenvalue weighted by molar-refractivity contribution is 6.08. The number of carbonyl (C=O) groups excluding carboxylic acids is 2. The molecule has 1 saturated heterocycles. The van der Waals surface area contributed by atoms with E-state index in [2.05, 4.69) is 10.2 Å². The number of benzene rings is 2. The molecule has 0 unspecified atom stereocenters. The molecule has 3 aromatic rings. The first-order valence-electron chi connectivity index (χ1n) is 12.5. The highest BCUT2D eigenvalue weighted by Gasteiger charge is 2.36. The summed E-state index contributed by atoms with van der Waals surface area (Å²) in [6.45, 7) is 2.93. The molecule has 36 heavy (non-hydrogen) atoms. The second kappa shape index (κ2) is 11.0. The van der Waals surface area contributed by atoms with E-state index in [1.54, 1.807) is 12.1 Å². The van der Waals surface area contributed by atoms with Crippen LogP contribution in [0.15, 0.2) is 71.3 Å². The Balaban J connectivity index is 1.54. The number of amides is 2. The van der Waals surface area contributed by atoms with Gasteiger partial charge in [-0.3, -0.25) is 14.5 Å². The van der Waals surface area contributed by atoms with Gasteiger partial charge in [-0.25, -0.2) is 4.39 Å². The van der Waals surface area contributed by atoms with Crippen LogP contribution in [0.1, 0.15) is 47.8 Å². The highest BCUT2D eigenvalue weighted by atomic mass is 19.1.